The van der Waals surface area contributed by atoms with E-state index in [2.05, 4.69) is 9.72 Å². The van der Waals surface area contributed by atoms with E-state index in [1.54, 1.807) is 0 Å². The number of ether oxygens (including phenoxy) is 1. The van der Waals surface area contributed by atoms with Crippen LogP contribution in [0.2, 0.25) is 0 Å². The Kier molecular flexibility index (Phi) is 4.31. The molecule has 1 aromatic carbocycles. The number of benzene rings is 1. The van der Waals surface area contributed by atoms with Gasteiger partial charge < -0.3 is 4.74 Å². The fraction of sp³-hybridized carbons (Fsp3) is 0.143. The van der Waals surface area contributed by atoms with Crippen molar-refractivity contribution in [1.82, 2.24) is 4.98 Å². The van der Waals surface area contributed by atoms with Gasteiger partial charge in [-0.05, 0) is 24.3 Å². The van der Waals surface area contributed by atoms with Gasteiger partial charge in [0.05, 0.1) is 11.1 Å². The zero-order chi connectivity index (χ0) is 17.3. The number of hydrogen-bond acceptors (Lipinski definition) is 3. The SMILES string of the molecule is O=C(Oc1ccccc1C(F)(F)F)c1ccc(C(F)(F)F)nc1. The van der Waals surface area contributed by atoms with Crippen LogP contribution in [-0.2, 0) is 12.4 Å². The first kappa shape index (κ1) is 16.8. The molecule has 1 heterocycles. The highest BCUT2D eigenvalue weighted by atomic mass is 19.4. The number of alkyl halides is 6. The van der Waals surface area contributed by atoms with Crippen molar-refractivity contribution in [3.8, 4) is 5.75 Å². The van der Waals surface area contributed by atoms with Gasteiger partial charge in [0, 0.05) is 6.20 Å². The van der Waals surface area contributed by atoms with E-state index in [9.17, 15) is 31.1 Å². The zero-order valence-electron chi connectivity index (χ0n) is 11.1. The van der Waals surface area contributed by atoms with E-state index in [1.165, 1.54) is 6.07 Å². The minimum absolute atomic E-state index is 0.407. The van der Waals surface area contributed by atoms with Crippen molar-refractivity contribution in [1.29, 1.82) is 0 Å². The van der Waals surface area contributed by atoms with E-state index in [0.717, 1.165) is 18.2 Å². The van der Waals surface area contributed by atoms with Crippen molar-refractivity contribution in [3.05, 3.63) is 59.4 Å². The Hall–Kier alpha value is -2.58. The van der Waals surface area contributed by atoms with Gasteiger partial charge in [0.25, 0.3) is 0 Å². The molecule has 0 saturated heterocycles. The van der Waals surface area contributed by atoms with Crippen molar-refractivity contribution in [2.24, 2.45) is 0 Å². The number of nitrogens with zero attached hydrogens (tertiary/aromatic N) is 1. The first-order valence-electron chi connectivity index (χ1n) is 6.00. The van der Waals surface area contributed by atoms with Crippen molar-refractivity contribution < 1.29 is 35.9 Å². The van der Waals surface area contributed by atoms with Crippen LogP contribution in [-0.4, -0.2) is 11.0 Å². The lowest BCUT2D eigenvalue weighted by molar-refractivity contribution is -0.141. The molecule has 0 saturated carbocycles. The molecular formula is C14H7F6NO2. The quantitative estimate of drug-likeness (QED) is 0.466. The molecule has 3 nitrogen and oxygen atoms in total. The molecule has 0 spiro atoms. The van der Waals surface area contributed by atoms with E-state index < -0.39 is 40.9 Å². The largest absolute Gasteiger partial charge is 0.433 e. The van der Waals surface area contributed by atoms with Crippen LogP contribution in [0.15, 0.2) is 42.6 Å². The summed E-state index contributed by atoms with van der Waals surface area (Å²) in [5, 5.41) is 0. The Morgan fingerprint density at radius 2 is 1.57 bits per heavy atom. The van der Waals surface area contributed by atoms with Crippen LogP contribution in [0.3, 0.4) is 0 Å². The fourth-order valence-corrected chi connectivity index (χ4v) is 1.63. The van der Waals surface area contributed by atoms with Crippen molar-refractivity contribution in [2.75, 3.05) is 0 Å². The second kappa shape index (κ2) is 5.90. The maximum absolute atomic E-state index is 12.8. The third-order valence-corrected chi connectivity index (χ3v) is 2.68. The summed E-state index contributed by atoms with van der Waals surface area (Å²) in [4.78, 5) is 14.8. The van der Waals surface area contributed by atoms with Crippen LogP contribution in [0, 0.1) is 0 Å². The molecule has 0 aliphatic rings. The Bertz CT molecular complexity index is 706. The molecule has 0 aliphatic carbocycles. The van der Waals surface area contributed by atoms with E-state index in [0.29, 0.717) is 18.3 Å². The van der Waals surface area contributed by atoms with Crippen LogP contribution >= 0.6 is 0 Å². The molecule has 0 N–H and O–H groups in total. The maximum atomic E-state index is 12.8. The summed E-state index contributed by atoms with van der Waals surface area (Å²) >= 11 is 0. The Morgan fingerprint density at radius 1 is 0.913 bits per heavy atom. The minimum atomic E-state index is -4.74. The lowest BCUT2D eigenvalue weighted by Crippen LogP contribution is -2.15. The Labute approximate surface area is 125 Å². The molecule has 9 heteroatoms. The summed E-state index contributed by atoms with van der Waals surface area (Å²) in [6.07, 6.45) is -8.85. The highest BCUT2D eigenvalue weighted by Gasteiger charge is 2.35. The second-order valence-electron chi connectivity index (χ2n) is 4.31. The normalized spacial score (nSPS) is 12.1. The summed E-state index contributed by atoms with van der Waals surface area (Å²) in [6.45, 7) is 0. The van der Waals surface area contributed by atoms with Crippen molar-refractivity contribution in [3.63, 3.8) is 0 Å². The number of halogens is 6. The van der Waals surface area contributed by atoms with Crippen LogP contribution < -0.4 is 4.74 Å². The molecule has 0 aliphatic heterocycles. The van der Waals surface area contributed by atoms with Gasteiger partial charge in [-0.2, -0.15) is 26.3 Å². The number of rotatable bonds is 2. The third kappa shape index (κ3) is 3.99. The monoisotopic (exact) mass is 335 g/mol. The summed E-state index contributed by atoms with van der Waals surface area (Å²) in [5.41, 5.74) is -2.81. The molecule has 2 aromatic rings. The average Bonchev–Trinajstić information content (AvgIpc) is 2.46. The third-order valence-electron chi connectivity index (χ3n) is 2.68. The highest BCUT2D eigenvalue weighted by Crippen LogP contribution is 2.36. The van der Waals surface area contributed by atoms with Gasteiger partial charge in [0.1, 0.15) is 11.4 Å². The number of para-hydroxylation sites is 1. The van der Waals surface area contributed by atoms with Gasteiger partial charge in [-0.1, -0.05) is 12.1 Å². The predicted octanol–water partition coefficient (Wildman–Crippen LogP) is 4.34. The van der Waals surface area contributed by atoms with Gasteiger partial charge in [-0.3, -0.25) is 4.98 Å². The molecule has 0 bridgehead atoms. The lowest BCUT2D eigenvalue weighted by Gasteiger charge is -2.12. The molecule has 0 fully saturated rings. The average molecular weight is 335 g/mol. The van der Waals surface area contributed by atoms with Gasteiger partial charge >= 0.3 is 18.3 Å². The smallest absolute Gasteiger partial charge is 0.422 e. The molecule has 0 radical (unpaired) electrons. The van der Waals surface area contributed by atoms with Crippen LogP contribution in [0.25, 0.3) is 0 Å². The number of hydrogen-bond donors (Lipinski definition) is 0. The minimum Gasteiger partial charge on any atom is -0.422 e. The molecular weight excluding hydrogens is 328 g/mol. The number of carbonyl (C=O) groups excluding carboxylic acids is 1. The van der Waals surface area contributed by atoms with Gasteiger partial charge in [-0.15, -0.1) is 0 Å². The Morgan fingerprint density at radius 3 is 2.09 bits per heavy atom. The van der Waals surface area contributed by atoms with Crippen LogP contribution in [0.1, 0.15) is 21.6 Å². The molecule has 0 amide bonds. The summed E-state index contributed by atoms with van der Waals surface area (Å²) < 4.78 is 79.9. The molecule has 2 rings (SSSR count). The van der Waals surface area contributed by atoms with Gasteiger partial charge in [-0.25, -0.2) is 4.79 Å². The lowest BCUT2D eigenvalue weighted by atomic mass is 10.2. The van der Waals surface area contributed by atoms with Gasteiger partial charge in [0.15, 0.2) is 0 Å². The zero-order valence-corrected chi connectivity index (χ0v) is 11.1. The molecule has 1 aromatic heterocycles. The topological polar surface area (TPSA) is 39.2 Å². The first-order valence-corrected chi connectivity index (χ1v) is 6.00. The number of esters is 1. The standard InChI is InChI=1S/C14H7F6NO2/c15-13(16,17)9-3-1-2-4-10(9)23-12(22)8-5-6-11(21-7-8)14(18,19)20/h1-7H. The molecule has 23 heavy (non-hydrogen) atoms. The summed E-state index contributed by atoms with van der Waals surface area (Å²) in [7, 11) is 0. The van der Waals surface area contributed by atoms with E-state index in [-0.39, 0.29) is 0 Å². The molecule has 0 unspecified atom stereocenters. The second-order valence-corrected chi connectivity index (χ2v) is 4.31. The molecule has 0 atom stereocenters. The highest BCUT2D eigenvalue weighted by molar-refractivity contribution is 5.90. The summed E-state index contributed by atoms with van der Waals surface area (Å²) in [6, 6.07) is 5.29. The Balaban J connectivity index is 2.24. The van der Waals surface area contributed by atoms with E-state index >= 15 is 0 Å². The maximum Gasteiger partial charge on any atom is 0.433 e. The van der Waals surface area contributed by atoms with Crippen molar-refractivity contribution >= 4 is 5.97 Å². The first-order chi connectivity index (χ1) is 10.6. The number of pyridine rings is 1. The predicted molar refractivity (Wildman–Crippen MR) is 65.6 cm³/mol. The van der Waals surface area contributed by atoms with Crippen LogP contribution in [0.4, 0.5) is 26.3 Å². The van der Waals surface area contributed by atoms with Crippen molar-refractivity contribution in [2.45, 2.75) is 12.4 Å². The van der Waals surface area contributed by atoms with E-state index in [1.807, 2.05) is 0 Å². The van der Waals surface area contributed by atoms with E-state index in [4.69, 9.17) is 0 Å². The van der Waals surface area contributed by atoms with Gasteiger partial charge in [0.2, 0.25) is 0 Å². The van der Waals surface area contributed by atoms with Crippen LogP contribution in [0.5, 0.6) is 5.75 Å². The molecule has 122 valence electrons. The number of carbonyl (C=O) groups is 1. The fourth-order valence-electron chi connectivity index (χ4n) is 1.63. The summed E-state index contributed by atoms with van der Waals surface area (Å²) in [5.74, 6) is -1.99. The number of aromatic nitrogens is 1.